The summed E-state index contributed by atoms with van der Waals surface area (Å²) in [6.45, 7) is 0. The van der Waals surface area contributed by atoms with E-state index in [-0.39, 0.29) is 6.42 Å². The van der Waals surface area contributed by atoms with Crippen LogP contribution in [-0.4, -0.2) is 37.7 Å². The van der Waals surface area contributed by atoms with Crippen molar-refractivity contribution in [1.82, 2.24) is 20.6 Å². The van der Waals surface area contributed by atoms with E-state index in [0.29, 0.717) is 27.0 Å². The lowest BCUT2D eigenvalue weighted by molar-refractivity contribution is -0.138. The Bertz CT molecular complexity index is 915. The predicted octanol–water partition coefficient (Wildman–Crippen LogP) is 2.79. The molecule has 0 aliphatic heterocycles. The summed E-state index contributed by atoms with van der Waals surface area (Å²) in [6.07, 6.45) is 0.143. The van der Waals surface area contributed by atoms with Crippen LogP contribution in [0, 0.1) is 0 Å². The van der Waals surface area contributed by atoms with Gasteiger partial charge in [0.05, 0.1) is 10.0 Å². The quantitative estimate of drug-likeness (QED) is 0.628. The van der Waals surface area contributed by atoms with Crippen LogP contribution in [0.15, 0.2) is 36.4 Å². The highest BCUT2D eigenvalue weighted by atomic mass is 35.5. The minimum absolute atomic E-state index is 0.143. The largest absolute Gasteiger partial charge is 0.480 e. The van der Waals surface area contributed by atoms with E-state index < -0.39 is 12.0 Å². The molecule has 128 valence electrons. The highest BCUT2D eigenvalue weighted by Crippen LogP contribution is 2.36. The van der Waals surface area contributed by atoms with Crippen LogP contribution in [0.25, 0.3) is 22.5 Å². The van der Waals surface area contributed by atoms with Gasteiger partial charge in [-0.25, -0.2) is 0 Å². The maximum Gasteiger partial charge on any atom is 0.320 e. The molecule has 0 aliphatic rings. The molecule has 7 nitrogen and oxygen atoms in total. The maximum atomic E-state index is 11.0. The first-order chi connectivity index (χ1) is 12.0. The highest BCUT2D eigenvalue weighted by molar-refractivity contribution is 6.43. The topological polar surface area (TPSA) is 118 Å². The van der Waals surface area contributed by atoms with Crippen LogP contribution in [0.1, 0.15) is 5.56 Å². The second-order valence-corrected chi connectivity index (χ2v) is 6.19. The molecular formula is C16H13Cl2N5O2. The number of nitrogens with zero attached hydrogens (tertiary/aromatic N) is 3. The number of aromatic nitrogens is 4. The molecular weight excluding hydrogens is 365 g/mol. The van der Waals surface area contributed by atoms with E-state index in [1.807, 2.05) is 24.3 Å². The molecule has 0 saturated carbocycles. The number of aromatic amines is 1. The van der Waals surface area contributed by atoms with Gasteiger partial charge < -0.3 is 10.8 Å². The van der Waals surface area contributed by atoms with Crippen molar-refractivity contribution in [3.8, 4) is 22.5 Å². The molecule has 4 N–H and O–H groups in total. The van der Waals surface area contributed by atoms with Crippen LogP contribution < -0.4 is 5.73 Å². The van der Waals surface area contributed by atoms with Gasteiger partial charge in [-0.3, -0.25) is 4.79 Å². The van der Waals surface area contributed by atoms with E-state index in [1.165, 1.54) is 0 Å². The van der Waals surface area contributed by atoms with Gasteiger partial charge in [-0.2, -0.15) is 5.21 Å². The van der Waals surface area contributed by atoms with E-state index in [0.717, 1.165) is 11.1 Å². The fourth-order valence-corrected chi connectivity index (χ4v) is 2.88. The van der Waals surface area contributed by atoms with Crippen molar-refractivity contribution in [1.29, 1.82) is 0 Å². The van der Waals surface area contributed by atoms with Crippen molar-refractivity contribution < 1.29 is 9.90 Å². The summed E-state index contributed by atoms with van der Waals surface area (Å²) < 4.78 is 0. The average Bonchev–Trinajstić information content (AvgIpc) is 3.12. The number of rotatable bonds is 5. The first-order valence-electron chi connectivity index (χ1n) is 7.26. The standard InChI is InChI=1S/C16H13Cl2N5O2/c17-12-5-8(6-13(19)16(24)25)4-11(14(12)18)9-2-1-3-10(7-9)15-20-22-23-21-15/h1-5,7,13H,6,19H2,(H,24,25)(H,20,21,22,23). The van der Waals surface area contributed by atoms with Gasteiger partial charge in [-0.05, 0) is 41.0 Å². The third-order valence-electron chi connectivity index (χ3n) is 3.64. The number of nitrogens with one attached hydrogen (secondary N) is 1. The molecule has 0 radical (unpaired) electrons. The molecule has 2 aromatic carbocycles. The number of tetrazole rings is 1. The third-order valence-corrected chi connectivity index (χ3v) is 4.44. The zero-order valence-electron chi connectivity index (χ0n) is 12.8. The molecule has 0 amide bonds. The van der Waals surface area contributed by atoms with Crippen LogP contribution in [0.5, 0.6) is 0 Å². The molecule has 1 aromatic heterocycles. The number of nitrogens with two attached hydrogens (primary N) is 1. The maximum absolute atomic E-state index is 11.0. The monoisotopic (exact) mass is 377 g/mol. The average molecular weight is 378 g/mol. The number of H-pyrrole nitrogens is 1. The second kappa shape index (κ2) is 7.18. The SMILES string of the molecule is NC(Cc1cc(Cl)c(Cl)c(-c2cccc(-c3nn[nH]n3)c2)c1)C(=O)O. The second-order valence-electron chi connectivity index (χ2n) is 5.40. The Morgan fingerprint density at radius 2 is 2.00 bits per heavy atom. The fraction of sp³-hybridized carbons (Fsp3) is 0.125. The summed E-state index contributed by atoms with van der Waals surface area (Å²) in [6, 6.07) is 9.78. The molecule has 0 bridgehead atoms. The molecule has 0 aliphatic carbocycles. The summed E-state index contributed by atoms with van der Waals surface area (Å²) in [4.78, 5) is 11.0. The number of hydrogen-bond donors (Lipinski definition) is 3. The summed E-state index contributed by atoms with van der Waals surface area (Å²) in [5.41, 5.74) is 8.52. The van der Waals surface area contributed by atoms with Crippen LogP contribution >= 0.6 is 23.2 Å². The Kier molecular flexibility index (Phi) is 4.98. The van der Waals surface area contributed by atoms with E-state index in [2.05, 4.69) is 20.6 Å². The van der Waals surface area contributed by atoms with Gasteiger partial charge in [0.2, 0.25) is 5.82 Å². The summed E-state index contributed by atoms with van der Waals surface area (Å²) in [7, 11) is 0. The molecule has 1 atom stereocenters. The van der Waals surface area contributed by atoms with Crippen molar-refractivity contribution in [2.45, 2.75) is 12.5 Å². The smallest absolute Gasteiger partial charge is 0.320 e. The Morgan fingerprint density at radius 3 is 2.68 bits per heavy atom. The van der Waals surface area contributed by atoms with Crippen LogP contribution in [0.2, 0.25) is 10.0 Å². The molecule has 3 rings (SSSR count). The number of carboxylic acids is 1. The zero-order valence-corrected chi connectivity index (χ0v) is 14.3. The molecule has 0 spiro atoms. The van der Waals surface area contributed by atoms with E-state index >= 15 is 0 Å². The number of hydrogen-bond acceptors (Lipinski definition) is 5. The van der Waals surface area contributed by atoms with Gasteiger partial charge >= 0.3 is 5.97 Å². The Hall–Kier alpha value is -2.48. The van der Waals surface area contributed by atoms with Crippen molar-refractivity contribution in [3.63, 3.8) is 0 Å². The molecule has 0 fully saturated rings. The van der Waals surface area contributed by atoms with Gasteiger partial charge in [0.25, 0.3) is 0 Å². The number of aliphatic carboxylic acids is 1. The molecule has 1 unspecified atom stereocenters. The number of halogens is 2. The number of carboxylic acid groups (broad SMARTS) is 1. The van der Waals surface area contributed by atoms with Crippen LogP contribution in [0.3, 0.4) is 0 Å². The van der Waals surface area contributed by atoms with Crippen molar-refractivity contribution in [2.24, 2.45) is 5.73 Å². The van der Waals surface area contributed by atoms with E-state index in [9.17, 15) is 4.79 Å². The first kappa shape index (κ1) is 17.3. The fourth-order valence-electron chi connectivity index (χ4n) is 2.42. The molecule has 25 heavy (non-hydrogen) atoms. The normalized spacial score (nSPS) is 12.1. The lowest BCUT2D eigenvalue weighted by Crippen LogP contribution is -2.32. The van der Waals surface area contributed by atoms with Gasteiger partial charge in [0.1, 0.15) is 6.04 Å². The van der Waals surface area contributed by atoms with Gasteiger partial charge in [-0.1, -0.05) is 41.4 Å². The van der Waals surface area contributed by atoms with E-state index in [1.54, 1.807) is 12.1 Å². The third kappa shape index (κ3) is 3.79. The number of carbonyl (C=O) groups is 1. The minimum Gasteiger partial charge on any atom is -0.480 e. The Balaban J connectivity index is 2.03. The van der Waals surface area contributed by atoms with Crippen molar-refractivity contribution >= 4 is 29.2 Å². The molecule has 1 heterocycles. The molecule has 3 aromatic rings. The first-order valence-corrected chi connectivity index (χ1v) is 8.02. The summed E-state index contributed by atoms with van der Waals surface area (Å²) in [5, 5.41) is 23.5. The van der Waals surface area contributed by atoms with Crippen molar-refractivity contribution in [2.75, 3.05) is 0 Å². The summed E-state index contributed by atoms with van der Waals surface area (Å²) in [5.74, 6) is -0.625. The Labute approximate surface area is 152 Å². The van der Waals surface area contributed by atoms with Crippen LogP contribution in [-0.2, 0) is 11.2 Å². The molecule has 0 saturated heterocycles. The highest BCUT2D eigenvalue weighted by Gasteiger charge is 2.16. The van der Waals surface area contributed by atoms with E-state index in [4.69, 9.17) is 34.0 Å². The van der Waals surface area contributed by atoms with Crippen molar-refractivity contribution in [3.05, 3.63) is 52.0 Å². The molecule has 9 heteroatoms. The number of benzene rings is 2. The minimum atomic E-state index is -1.08. The van der Waals surface area contributed by atoms with Gasteiger partial charge in [-0.15, -0.1) is 10.2 Å². The van der Waals surface area contributed by atoms with Crippen LogP contribution in [0.4, 0.5) is 0 Å². The lowest BCUT2D eigenvalue weighted by atomic mass is 9.98. The van der Waals surface area contributed by atoms with Gasteiger partial charge in [0, 0.05) is 11.1 Å². The lowest BCUT2D eigenvalue weighted by Gasteiger charge is -2.12. The predicted molar refractivity (Wildman–Crippen MR) is 94.4 cm³/mol. The Morgan fingerprint density at radius 1 is 1.24 bits per heavy atom. The summed E-state index contributed by atoms with van der Waals surface area (Å²) >= 11 is 12.6. The van der Waals surface area contributed by atoms with Gasteiger partial charge in [0.15, 0.2) is 0 Å². The zero-order chi connectivity index (χ0) is 18.0.